The first-order valence-electron chi connectivity index (χ1n) is 7.71. The van der Waals surface area contributed by atoms with Crippen LogP contribution < -0.4 is 10.2 Å². The van der Waals surface area contributed by atoms with Crippen molar-refractivity contribution >= 4 is 11.8 Å². The van der Waals surface area contributed by atoms with Gasteiger partial charge in [-0.05, 0) is 26.7 Å². The summed E-state index contributed by atoms with van der Waals surface area (Å²) in [6, 6.07) is 0.499. The molecule has 1 aliphatic rings. The molecule has 0 bridgehead atoms. The van der Waals surface area contributed by atoms with Crippen molar-refractivity contribution in [2.45, 2.75) is 52.0 Å². The van der Waals surface area contributed by atoms with Crippen molar-refractivity contribution in [3.63, 3.8) is 0 Å². The standard InChI is InChI=1S/C15H26N4O/c1-3-16-15-17-11-12(2)14(18-15)19(9-10-20)13-7-5-4-6-8-13/h11,13,20H,3-10H2,1-2H3,(H,16,17,18). The third-order valence-corrected chi connectivity index (χ3v) is 3.91. The summed E-state index contributed by atoms with van der Waals surface area (Å²) in [6.07, 6.45) is 8.13. The number of anilines is 2. The molecule has 112 valence electrons. The SMILES string of the molecule is CCNc1ncc(C)c(N(CCO)C2CCCCC2)n1. The van der Waals surface area contributed by atoms with Gasteiger partial charge in [0.15, 0.2) is 0 Å². The number of aryl methyl sites for hydroxylation is 1. The lowest BCUT2D eigenvalue weighted by atomic mass is 9.94. The van der Waals surface area contributed by atoms with Crippen molar-refractivity contribution in [2.75, 3.05) is 29.9 Å². The van der Waals surface area contributed by atoms with Gasteiger partial charge in [-0.2, -0.15) is 4.98 Å². The van der Waals surface area contributed by atoms with Gasteiger partial charge in [0.2, 0.25) is 5.95 Å². The van der Waals surface area contributed by atoms with Crippen molar-refractivity contribution in [3.05, 3.63) is 11.8 Å². The molecule has 2 N–H and O–H groups in total. The fraction of sp³-hybridized carbons (Fsp3) is 0.733. The van der Waals surface area contributed by atoms with Gasteiger partial charge in [-0.15, -0.1) is 0 Å². The lowest BCUT2D eigenvalue weighted by Gasteiger charge is -2.35. The zero-order valence-corrected chi connectivity index (χ0v) is 12.6. The van der Waals surface area contributed by atoms with Gasteiger partial charge in [0, 0.05) is 30.9 Å². The Morgan fingerprint density at radius 2 is 2.10 bits per heavy atom. The molecule has 0 saturated heterocycles. The first-order valence-corrected chi connectivity index (χ1v) is 7.71. The van der Waals surface area contributed by atoms with E-state index in [0.717, 1.165) is 17.9 Å². The van der Waals surface area contributed by atoms with Gasteiger partial charge in [-0.3, -0.25) is 0 Å². The van der Waals surface area contributed by atoms with Crippen LogP contribution in [-0.4, -0.2) is 40.8 Å². The third-order valence-electron chi connectivity index (χ3n) is 3.91. The number of rotatable bonds is 6. The van der Waals surface area contributed by atoms with Crippen LogP contribution in [0.25, 0.3) is 0 Å². The number of aliphatic hydroxyl groups is 1. The van der Waals surface area contributed by atoms with E-state index in [1.54, 1.807) is 0 Å². The van der Waals surface area contributed by atoms with Gasteiger partial charge in [-0.25, -0.2) is 4.98 Å². The van der Waals surface area contributed by atoms with Crippen LogP contribution in [0.3, 0.4) is 0 Å². The Labute approximate surface area is 121 Å². The minimum atomic E-state index is 0.163. The van der Waals surface area contributed by atoms with Gasteiger partial charge in [0.05, 0.1) is 6.61 Å². The van der Waals surface area contributed by atoms with Gasteiger partial charge in [0.1, 0.15) is 5.82 Å². The highest BCUT2D eigenvalue weighted by atomic mass is 16.3. The molecule has 1 fully saturated rings. The third kappa shape index (κ3) is 3.60. The van der Waals surface area contributed by atoms with E-state index >= 15 is 0 Å². The molecule has 1 saturated carbocycles. The fourth-order valence-electron chi connectivity index (χ4n) is 2.93. The van der Waals surface area contributed by atoms with E-state index in [-0.39, 0.29) is 6.61 Å². The van der Waals surface area contributed by atoms with E-state index in [4.69, 9.17) is 0 Å². The van der Waals surface area contributed by atoms with Crippen LogP contribution in [0, 0.1) is 6.92 Å². The Morgan fingerprint density at radius 3 is 2.75 bits per heavy atom. The maximum atomic E-state index is 9.39. The van der Waals surface area contributed by atoms with Crippen LogP contribution in [0.5, 0.6) is 0 Å². The predicted molar refractivity (Wildman–Crippen MR) is 82.2 cm³/mol. The molecule has 2 rings (SSSR count). The first-order chi connectivity index (χ1) is 9.76. The predicted octanol–water partition coefficient (Wildman–Crippen LogP) is 2.35. The second kappa shape index (κ2) is 7.43. The number of nitrogens with zero attached hydrogens (tertiary/aromatic N) is 3. The van der Waals surface area contributed by atoms with E-state index in [1.165, 1.54) is 32.1 Å². The van der Waals surface area contributed by atoms with Gasteiger partial charge < -0.3 is 15.3 Å². The topological polar surface area (TPSA) is 61.3 Å². The summed E-state index contributed by atoms with van der Waals surface area (Å²) in [5, 5.41) is 12.6. The zero-order valence-electron chi connectivity index (χ0n) is 12.6. The van der Waals surface area contributed by atoms with Gasteiger partial charge >= 0.3 is 0 Å². The fourth-order valence-corrected chi connectivity index (χ4v) is 2.93. The van der Waals surface area contributed by atoms with E-state index in [9.17, 15) is 5.11 Å². The summed E-state index contributed by atoms with van der Waals surface area (Å²) in [4.78, 5) is 11.2. The molecule has 0 atom stereocenters. The molecule has 0 aliphatic heterocycles. The van der Waals surface area contributed by atoms with E-state index in [0.29, 0.717) is 18.5 Å². The van der Waals surface area contributed by atoms with Crippen molar-refractivity contribution in [1.29, 1.82) is 0 Å². The lowest BCUT2D eigenvalue weighted by molar-refractivity contribution is 0.289. The summed E-state index contributed by atoms with van der Waals surface area (Å²) in [6.45, 7) is 5.70. The molecule has 20 heavy (non-hydrogen) atoms. The summed E-state index contributed by atoms with van der Waals surface area (Å²) in [5.74, 6) is 1.64. The number of nitrogens with one attached hydrogen (secondary N) is 1. The molecular formula is C15H26N4O. The quantitative estimate of drug-likeness (QED) is 0.836. The Kier molecular flexibility index (Phi) is 5.59. The molecule has 5 nitrogen and oxygen atoms in total. The normalized spacial score (nSPS) is 16.1. The van der Waals surface area contributed by atoms with Gasteiger partial charge in [-0.1, -0.05) is 19.3 Å². The average Bonchev–Trinajstić information content (AvgIpc) is 2.48. The van der Waals surface area contributed by atoms with E-state index in [2.05, 4.69) is 20.2 Å². The molecule has 1 aliphatic carbocycles. The molecule has 1 aromatic rings. The first kappa shape index (κ1) is 15.0. The molecular weight excluding hydrogens is 252 g/mol. The maximum Gasteiger partial charge on any atom is 0.224 e. The molecule has 0 amide bonds. The van der Waals surface area contributed by atoms with Crippen molar-refractivity contribution in [3.8, 4) is 0 Å². The molecule has 1 aromatic heterocycles. The average molecular weight is 278 g/mol. The summed E-state index contributed by atoms with van der Waals surface area (Å²) >= 11 is 0. The Morgan fingerprint density at radius 1 is 1.35 bits per heavy atom. The number of aliphatic hydroxyl groups excluding tert-OH is 1. The zero-order chi connectivity index (χ0) is 14.4. The number of hydrogen-bond donors (Lipinski definition) is 2. The Balaban J connectivity index is 2.24. The largest absolute Gasteiger partial charge is 0.395 e. The smallest absolute Gasteiger partial charge is 0.224 e. The minimum absolute atomic E-state index is 0.163. The molecule has 0 spiro atoms. The van der Waals surface area contributed by atoms with Crippen LogP contribution in [0.2, 0.25) is 0 Å². The van der Waals surface area contributed by atoms with Crippen LogP contribution in [0.15, 0.2) is 6.20 Å². The highest BCUT2D eigenvalue weighted by Crippen LogP contribution is 2.28. The van der Waals surface area contributed by atoms with E-state index in [1.807, 2.05) is 20.0 Å². The Hall–Kier alpha value is -1.36. The maximum absolute atomic E-state index is 9.39. The molecule has 0 unspecified atom stereocenters. The molecule has 0 radical (unpaired) electrons. The number of hydrogen-bond acceptors (Lipinski definition) is 5. The summed E-state index contributed by atoms with van der Waals surface area (Å²) in [7, 11) is 0. The Bertz CT molecular complexity index is 418. The summed E-state index contributed by atoms with van der Waals surface area (Å²) < 4.78 is 0. The van der Waals surface area contributed by atoms with Crippen LogP contribution in [0.1, 0.15) is 44.6 Å². The lowest BCUT2D eigenvalue weighted by Crippen LogP contribution is -2.40. The van der Waals surface area contributed by atoms with Crippen LogP contribution >= 0.6 is 0 Å². The highest BCUT2D eigenvalue weighted by Gasteiger charge is 2.23. The van der Waals surface area contributed by atoms with E-state index < -0.39 is 0 Å². The van der Waals surface area contributed by atoms with Crippen LogP contribution in [0.4, 0.5) is 11.8 Å². The monoisotopic (exact) mass is 278 g/mol. The number of aromatic nitrogens is 2. The molecule has 1 heterocycles. The van der Waals surface area contributed by atoms with Crippen molar-refractivity contribution in [2.24, 2.45) is 0 Å². The summed E-state index contributed by atoms with van der Waals surface area (Å²) in [5.41, 5.74) is 1.07. The van der Waals surface area contributed by atoms with Crippen molar-refractivity contribution in [1.82, 2.24) is 9.97 Å². The molecule has 0 aromatic carbocycles. The van der Waals surface area contributed by atoms with Gasteiger partial charge in [0.25, 0.3) is 0 Å². The van der Waals surface area contributed by atoms with Crippen molar-refractivity contribution < 1.29 is 5.11 Å². The second-order valence-electron chi connectivity index (χ2n) is 5.44. The minimum Gasteiger partial charge on any atom is -0.395 e. The highest BCUT2D eigenvalue weighted by molar-refractivity contribution is 5.50. The molecule has 5 heteroatoms. The van der Waals surface area contributed by atoms with Crippen LogP contribution in [-0.2, 0) is 0 Å². The second-order valence-corrected chi connectivity index (χ2v) is 5.44.